The van der Waals surface area contributed by atoms with Gasteiger partial charge in [-0.3, -0.25) is 19.3 Å². The smallest absolute Gasteiger partial charge is 0.250 e. The van der Waals surface area contributed by atoms with Gasteiger partial charge in [0.05, 0.1) is 13.0 Å². The molecule has 1 fully saturated rings. The summed E-state index contributed by atoms with van der Waals surface area (Å²) in [6.45, 7) is 5.21. The van der Waals surface area contributed by atoms with Crippen LogP contribution >= 0.6 is 0 Å². The number of nitrogens with zero attached hydrogens (tertiary/aromatic N) is 3. The van der Waals surface area contributed by atoms with E-state index in [9.17, 15) is 14.4 Å². The van der Waals surface area contributed by atoms with Crippen LogP contribution in [0, 0.1) is 5.92 Å². The second-order valence-electron chi connectivity index (χ2n) is 8.49. The zero-order valence-corrected chi connectivity index (χ0v) is 17.5. The zero-order chi connectivity index (χ0) is 21.1. The molecule has 0 spiro atoms. The van der Waals surface area contributed by atoms with Gasteiger partial charge >= 0.3 is 0 Å². The lowest BCUT2D eigenvalue weighted by atomic mass is 9.83. The van der Waals surface area contributed by atoms with Gasteiger partial charge in [0.1, 0.15) is 0 Å². The number of likely N-dealkylation sites (tertiary alicyclic amines) is 1. The van der Waals surface area contributed by atoms with Crippen molar-refractivity contribution in [1.29, 1.82) is 0 Å². The molecule has 2 aliphatic rings. The average Bonchev–Trinajstić information content (AvgIpc) is 2.73. The summed E-state index contributed by atoms with van der Waals surface area (Å²) in [5, 5.41) is 0. The summed E-state index contributed by atoms with van der Waals surface area (Å²) in [6.07, 6.45) is 1.82. The third kappa shape index (κ3) is 4.38. The van der Waals surface area contributed by atoms with Crippen molar-refractivity contribution in [3.63, 3.8) is 0 Å². The topological polar surface area (TPSA) is 62.6 Å². The molecule has 6 heteroatoms. The Bertz CT molecular complexity index is 969. The van der Waals surface area contributed by atoms with E-state index in [4.69, 9.17) is 0 Å². The van der Waals surface area contributed by atoms with E-state index in [0.717, 1.165) is 37.3 Å². The second kappa shape index (κ2) is 8.96. The number of benzene rings is 1. The summed E-state index contributed by atoms with van der Waals surface area (Å²) < 4.78 is 1.89. The Morgan fingerprint density at radius 1 is 1.03 bits per heavy atom. The second-order valence-corrected chi connectivity index (χ2v) is 8.49. The lowest BCUT2D eigenvalue weighted by Gasteiger charge is -2.42. The van der Waals surface area contributed by atoms with E-state index in [0.29, 0.717) is 25.6 Å². The van der Waals surface area contributed by atoms with Gasteiger partial charge in [-0.05, 0) is 37.0 Å². The fraction of sp³-hybridized carbons (Fsp3) is 0.458. The maximum atomic E-state index is 12.8. The number of amides is 1. The van der Waals surface area contributed by atoms with E-state index in [1.54, 1.807) is 11.0 Å². The van der Waals surface area contributed by atoms with Crippen LogP contribution in [0.4, 0.5) is 5.69 Å². The van der Waals surface area contributed by atoms with Crippen LogP contribution in [0.15, 0.2) is 53.3 Å². The first-order valence-electron chi connectivity index (χ1n) is 10.8. The van der Waals surface area contributed by atoms with Gasteiger partial charge in [-0.1, -0.05) is 31.2 Å². The quantitative estimate of drug-likeness (QED) is 0.662. The van der Waals surface area contributed by atoms with Crippen LogP contribution in [0.2, 0.25) is 0 Å². The zero-order valence-electron chi connectivity index (χ0n) is 17.5. The number of ketones is 1. The lowest BCUT2D eigenvalue weighted by molar-refractivity contribution is -0.127. The number of carbonyl (C=O) groups is 2. The van der Waals surface area contributed by atoms with Gasteiger partial charge in [0.2, 0.25) is 5.91 Å². The number of carbonyl (C=O) groups excluding carboxylic acids is 2. The van der Waals surface area contributed by atoms with Gasteiger partial charge in [0, 0.05) is 49.5 Å². The summed E-state index contributed by atoms with van der Waals surface area (Å²) in [6, 6.07) is 15.0. The molecule has 158 valence electrons. The molecule has 1 amide bonds. The SMILES string of the molecule is CCCN(C(=O)CC(=O)CN1CC2CC(C1)c1cccc(=O)n1C2)c1ccccc1. The minimum Gasteiger partial charge on any atom is -0.312 e. The van der Waals surface area contributed by atoms with E-state index in [-0.39, 0.29) is 29.6 Å². The number of para-hydroxylation sites is 1. The van der Waals surface area contributed by atoms with Crippen LogP contribution in [0.3, 0.4) is 0 Å². The van der Waals surface area contributed by atoms with Crippen molar-refractivity contribution >= 4 is 17.4 Å². The summed E-state index contributed by atoms with van der Waals surface area (Å²) in [5.74, 6) is 0.473. The first-order valence-corrected chi connectivity index (χ1v) is 10.8. The Morgan fingerprint density at radius 3 is 2.60 bits per heavy atom. The Kier molecular flexibility index (Phi) is 6.13. The highest BCUT2D eigenvalue weighted by molar-refractivity contribution is 6.06. The number of aromatic nitrogens is 1. The average molecular weight is 408 g/mol. The summed E-state index contributed by atoms with van der Waals surface area (Å²) in [4.78, 5) is 41.6. The number of piperidine rings is 1. The monoisotopic (exact) mass is 407 g/mol. The number of pyridine rings is 1. The van der Waals surface area contributed by atoms with Crippen molar-refractivity contribution in [2.75, 3.05) is 31.1 Å². The molecular formula is C24H29N3O3. The molecule has 1 aromatic carbocycles. The van der Waals surface area contributed by atoms with Crippen LogP contribution in [0.1, 0.15) is 37.8 Å². The summed E-state index contributed by atoms with van der Waals surface area (Å²) >= 11 is 0. The van der Waals surface area contributed by atoms with Crippen molar-refractivity contribution in [2.45, 2.75) is 38.6 Å². The van der Waals surface area contributed by atoms with Crippen molar-refractivity contribution < 1.29 is 9.59 Å². The molecule has 1 saturated heterocycles. The normalized spacial score (nSPS) is 20.4. The molecule has 0 radical (unpaired) electrons. The van der Waals surface area contributed by atoms with Gasteiger partial charge in [-0.25, -0.2) is 0 Å². The standard InChI is InChI=1S/C24H29N3O3/c1-2-11-26(20-7-4-3-5-8-20)24(30)13-21(28)17-25-14-18-12-19(16-25)22-9-6-10-23(29)27(22)15-18/h3-10,18-19H,2,11-17H2,1H3. The molecule has 6 nitrogen and oxygen atoms in total. The van der Waals surface area contributed by atoms with Crippen molar-refractivity contribution in [1.82, 2.24) is 9.47 Å². The molecule has 2 unspecified atom stereocenters. The van der Waals surface area contributed by atoms with Crippen LogP contribution < -0.4 is 10.5 Å². The van der Waals surface area contributed by atoms with Crippen molar-refractivity contribution in [2.24, 2.45) is 5.92 Å². The Hall–Kier alpha value is -2.73. The third-order valence-electron chi connectivity index (χ3n) is 6.12. The molecule has 4 rings (SSSR count). The van der Waals surface area contributed by atoms with Crippen LogP contribution in [-0.2, 0) is 16.1 Å². The molecule has 30 heavy (non-hydrogen) atoms. The molecule has 2 atom stereocenters. The minimum atomic E-state index is -0.137. The molecule has 0 N–H and O–H groups in total. The highest BCUT2D eigenvalue weighted by Crippen LogP contribution is 2.34. The van der Waals surface area contributed by atoms with E-state index < -0.39 is 0 Å². The Labute approximate surface area is 177 Å². The van der Waals surface area contributed by atoms with E-state index in [1.165, 1.54) is 0 Å². The molecule has 0 saturated carbocycles. The third-order valence-corrected chi connectivity index (χ3v) is 6.12. The van der Waals surface area contributed by atoms with E-state index in [1.807, 2.05) is 54.0 Å². The maximum Gasteiger partial charge on any atom is 0.250 e. The maximum absolute atomic E-state index is 12.8. The lowest BCUT2D eigenvalue weighted by Crippen LogP contribution is -2.48. The fourth-order valence-corrected chi connectivity index (χ4v) is 4.92. The number of anilines is 1. The number of hydrogen-bond donors (Lipinski definition) is 0. The minimum absolute atomic E-state index is 0.0394. The van der Waals surface area contributed by atoms with Gasteiger partial charge < -0.3 is 9.47 Å². The Balaban J connectivity index is 1.39. The van der Waals surface area contributed by atoms with Gasteiger partial charge in [-0.2, -0.15) is 0 Å². The molecular weight excluding hydrogens is 378 g/mol. The first kappa shape index (κ1) is 20.5. The number of rotatable bonds is 7. The highest BCUT2D eigenvalue weighted by Gasteiger charge is 2.35. The van der Waals surface area contributed by atoms with E-state index >= 15 is 0 Å². The molecule has 1 aromatic heterocycles. The predicted molar refractivity (Wildman–Crippen MR) is 117 cm³/mol. The van der Waals surface area contributed by atoms with Gasteiger partial charge in [0.15, 0.2) is 5.78 Å². The fourth-order valence-electron chi connectivity index (χ4n) is 4.92. The highest BCUT2D eigenvalue weighted by atomic mass is 16.2. The summed E-state index contributed by atoms with van der Waals surface area (Å²) in [7, 11) is 0. The Morgan fingerprint density at radius 2 is 1.83 bits per heavy atom. The van der Waals surface area contributed by atoms with Crippen LogP contribution in [0.25, 0.3) is 0 Å². The predicted octanol–water partition coefficient (Wildman–Crippen LogP) is 2.67. The van der Waals surface area contributed by atoms with Crippen molar-refractivity contribution in [3.8, 4) is 0 Å². The van der Waals surface area contributed by atoms with Gasteiger partial charge in [-0.15, -0.1) is 0 Å². The summed E-state index contributed by atoms with van der Waals surface area (Å²) in [5.41, 5.74) is 1.98. The number of hydrogen-bond acceptors (Lipinski definition) is 4. The molecule has 3 heterocycles. The molecule has 2 aromatic rings. The molecule has 2 bridgehead atoms. The number of Topliss-reactive ketones (excluding diaryl/α,β-unsaturated/α-hetero) is 1. The first-order chi connectivity index (χ1) is 14.5. The molecule has 0 aliphatic carbocycles. The van der Waals surface area contributed by atoms with Crippen LogP contribution in [-0.4, -0.2) is 47.3 Å². The van der Waals surface area contributed by atoms with Crippen molar-refractivity contribution in [3.05, 3.63) is 64.6 Å². The van der Waals surface area contributed by atoms with E-state index in [2.05, 4.69) is 4.90 Å². The van der Waals surface area contributed by atoms with Crippen LogP contribution in [0.5, 0.6) is 0 Å². The largest absolute Gasteiger partial charge is 0.312 e. The molecule has 2 aliphatic heterocycles. The van der Waals surface area contributed by atoms with Gasteiger partial charge in [0.25, 0.3) is 5.56 Å². The number of fused-ring (bicyclic) bond motifs is 4.